The molecule has 1 N–H and O–H groups in total. The molecule has 0 saturated carbocycles. The minimum Gasteiger partial charge on any atom is -0.374 e. The Kier molecular flexibility index (Phi) is 4.76. The van der Waals surface area contributed by atoms with Crippen molar-refractivity contribution in [1.82, 2.24) is 4.90 Å². The Morgan fingerprint density at radius 2 is 2.25 bits per heavy atom. The summed E-state index contributed by atoms with van der Waals surface area (Å²) in [6, 6.07) is 0. The van der Waals surface area contributed by atoms with Crippen molar-refractivity contribution in [3.63, 3.8) is 0 Å². The van der Waals surface area contributed by atoms with Crippen molar-refractivity contribution in [2.45, 2.75) is 45.1 Å². The maximum Gasteiger partial charge on any atom is 0.224 e. The zero-order chi connectivity index (χ0) is 12.3. The van der Waals surface area contributed by atoms with Gasteiger partial charge in [-0.15, -0.1) is 0 Å². The van der Waals surface area contributed by atoms with Crippen LogP contribution in [0.15, 0.2) is 10.2 Å². The number of amides is 1. The maximum absolute atomic E-state index is 11.4. The molecule has 92 valence electrons. The van der Waals surface area contributed by atoms with Crippen molar-refractivity contribution >= 4 is 29.9 Å². The van der Waals surface area contributed by atoms with E-state index in [0.717, 1.165) is 6.42 Å². The molecule has 5 heteroatoms. The van der Waals surface area contributed by atoms with E-state index in [2.05, 4.69) is 41.6 Å². The lowest BCUT2D eigenvalue weighted by molar-refractivity contribution is -0.133. The van der Waals surface area contributed by atoms with Crippen LogP contribution in [-0.2, 0) is 4.79 Å². The average molecular weight is 306 g/mol. The number of hydrogen-bond donors (Lipinski definition) is 1. The van der Waals surface area contributed by atoms with Crippen LogP contribution in [-0.4, -0.2) is 36.8 Å². The summed E-state index contributed by atoms with van der Waals surface area (Å²) in [5.74, 6) is 0.0741. The third-order valence-electron chi connectivity index (χ3n) is 2.71. The lowest BCUT2D eigenvalue weighted by atomic mass is 10.3. The van der Waals surface area contributed by atoms with Crippen LogP contribution in [0.25, 0.3) is 0 Å². The molecule has 0 radical (unpaired) electrons. The first-order valence-electron chi connectivity index (χ1n) is 5.66. The summed E-state index contributed by atoms with van der Waals surface area (Å²) >= 11 is 3.60. The predicted octanol–water partition coefficient (Wildman–Crippen LogP) is 2.47. The molecular formula is C11H20BrNO2Si. The minimum absolute atomic E-state index is 0.0741. The molecule has 1 saturated heterocycles. The number of halogens is 1. The third-order valence-corrected chi connectivity index (χ3v) is 8.24. The Balaban J connectivity index is 2.44. The highest BCUT2D eigenvalue weighted by Gasteiger charge is 2.28. The van der Waals surface area contributed by atoms with E-state index in [-0.39, 0.29) is 5.91 Å². The summed E-state index contributed by atoms with van der Waals surface area (Å²) in [6.07, 6.45) is 3.46. The summed E-state index contributed by atoms with van der Waals surface area (Å²) in [7, 11) is -1.26. The van der Waals surface area contributed by atoms with Crippen LogP contribution in [0.2, 0.25) is 19.6 Å². The molecule has 1 atom stereocenters. The van der Waals surface area contributed by atoms with Crippen molar-refractivity contribution in [3.8, 4) is 0 Å². The first-order chi connectivity index (χ1) is 7.32. The highest BCUT2D eigenvalue weighted by atomic mass is 79.9. The smallest absolute Gasteiger partial charge is 0.224 e. The van der Waals surface area contributed by atoms with Gasteiger partial charge in [0.1, 0.15) is 6.23 Å². The number of hydrogen-bond acceptors (Lipinski definition) is 2. The lowest BCUT2D eigenvalue weighted by Crippen LogP contribution is -2.33. The molecule has 0 bridgehead atoms. The van der Waals surface area contributed by atoms with Gasteiger partial charge in [-0.2, -0.15) is 0 Å². The molecule has 0 aromatic carbocycles. The van der Waals surface area contributed by atoms with Gasteiger partial charge in [-0.3, -0.25) is 4.79 Å². The number of aliphatic hydroxyl groups excluding tert-OH is 1. The molecule has 1 rings (SSSR count). The summed E-state index contributed by atoms with van der Waals surface area (Å²) in [5, 5.41) is 9.57. The Morgan fingerprint density at radius 3 is 2.69 bits per heavy atom. The molecule has 0 aliphatic carbocycles. The summed E-state index contributed by atoms with van der Waals surface area (Å²) in [6.45, 7) is 7.43. The maximum atomic E-state index is 11.4. The van der Waals surface area contributed by atoms with Gasteiger partial charge in [0, 0.05) is 19.4 Å². The predicted molar refractivity (Wildman–Crippen MR) is 71.9 cm³/mol. The molecule has 1 unspecified atom stereocenters. The highest BCUT2D eigenvalue weighted by molar-refractivity contribution is 9.12. The van der Waals surface area contributed by atoms with Crippen molar-refractivity contribution in [3.05, 3.63) is 10.2 Å². The molecule has 1 fully saturated rings. The Bertz CT molecular complexity index is 299. The molecule has 16 heavy (non-hydrogen) atoms. The molecular weight excluding hydrogens is 286 g/mol. The van der Waals surface area contributed by atoms with Crippen LogP contribution in [0.4, 0.5) is 0 Å². The van der Waals surface area contributed by atoms with E-state index in [9.17, 15) is 9.90 Å². The van der Waals surface area contributed by atoms with E-state index in [1.165, 1.54) is 4.11 Å². The van der Waals surface area contributed by atoms with Gasteiger partial charge in [0.2, 0.25) is 5.91 Å². The number of carbonyl (C=O) groups is 1. The van der Waals surface area contributed by atoms with Gasteiger partial charge in [0.25, 0.3) is 0 Å². The molecule has 1 aliphatic rings. The number of likely N-dealkylation sites (tertiary alicyclic amines) is 1. The highest BCUT2D eigenvalue weighted by Crippen LogP contribution is 2.22. The number of aliphatic hydroxyl groups is 1. The summed E-state index contributed by atoms with van der Waals surface area (Å²) in [5.41, 5.74) is 0. The first kappa shape index (κ1) is 13.9. The molecule has 1 amide bonds. The first-order valence-corrected chi connectivity index (χ1v) is 9.95. The van der Waals surface area contributed by atoms with Gasteiger partial charge in [0.05, 0.1) is 8.07 Å². The molecule has 3 nitrogen and oxygen atoms in total. The normalized spacial score (nSPS) is 23.1. The van der Waals surface area contributed by atoms with Crippen molar-refractivity contribution < 1.29 is 9.90 Å². The van der Waals surface area contributed by atoms with Gasteiger partial charge >= 0.3 is 0 Å². The van der Waals surface area contributed by atoms with Crippen LogP contribution < -0.4 is 0 Å². The van der Waals surface area contributed by atoms with Crippen molar-refractivity contribution in [2.75, 3.05) is 6.54 Å². The monoisotopic (exact) mass is 305 g/mol. The van der Waals surface area contributed by atoms with E-state index >= 15 is 0 Å². The quantitative estimate of drug-likeness (QED) is 0.811. The number of carbonyl (C=O) groups excluding carboxylic acids is 1. The van der Waals surface area contributed by atoms with Crippen molar-refractivity contribution in [1.29, 1.82) is 0 Å². The van der Waals surface area contributed by atoms with Crippen LogP contribution in [0.1, 0.15) is 19.3 Å². The van der Waals surface area contributed by atoms with Gasteiger partial charge in [0.15, 0.2) is 0 Å². The van der Waals surface area contributed by atoms with Gasteiger partial charge in [-0.05, 0) is 10.5 Å². The van der Waals surface area contributed by atoms with E-state index < -0.39 is 14.3 Å². The van der Waals surface area contributed by atoms with Crippen molar-refractivity contribution in [2.24, 2.45) is 0 Å². The second-order valence-corrected chi connectivity index (χ2v) is 11.8. The second kappa shape index (κ2) is 5.47. The van der Waals surface area contributed by atoms with Gasteiger partial charge < -0.3 is 10.0 Å². The largest absolute Gasteiger partial charge is 0.374 e. The topological polar surface area (TPSA) is 40.5 Å². The van der Waals surface area contributed by atoms with E-state index in [1.807, 2.05) is 0 Å². The van der Waals surface area contributed by atoms with E-state index in [0.29, 0.717) is 19.4 Å². The zero-order valence-electron chi connectivity index (χ0n) is 10.2. The van der Waals surface area contributed by atoms with E-state index in [1.54, 1.807) is 4.90 Å². The Labute approximate surface area is 107 Å². The third kappa shape index (κ3) is 3.71. The standard InChI is InChI=1S/C11H20BrNO2Si/c1-16(2,3)9(12)5-4-8-13-10(14)6-7-11(13)15/h5,10,14H,4,6-8H2,1-3H3/b9-5-. The Hall–Kier alpha value is -0.133. The Morgan fingerprint density at radius 1 is 1.62 bits per heavy atom. The number of rotatable bonds is 4. The van der Waals surface area contributed by atoms with Gasteiger partial charge in [-0.1, -0.05) is 41.6 Å². The molecule has 1 heterocycles. The van der Waals surface area contributed by atoms with Gasteiger partial charge in [-0.25, -0.2) is 0 Å². The number of nitrogens with zero attached hydrogens (tertiary/aromatic N) is 1. The second-order valence-electron chi connectivity index (χ2n) is 5.20. The SMILES string of the molecule is C[Si](C)(C)/C(Br)=C\CCN1C(=O)CCC1O. The fourth-order valence-corrected chi connectivity index (χ4v) is 2.61. The molecule has 0 aromatic heterocycles. The fraction of sp³-hybridized carbons (Fsp3) is 0.727. The lowest BCUT2D eigenvalue weighted by Gasteiger charge is -2.20. The zero-order valence-corrected chi connectivity index (χ0v) is 12.7. The summed E-state index contributed by atoms with van der Waals surface area (Å²) < 4.78 is 1.28. The van der Waals surface area contributed by atoms with Crippen LogP contribution in [0.3, 0.4) is 0 Å². The van der Waals surface area contributed by atoms with E-state index in [4.69, 9.17) is 0 Å². The minimum atomic E-state index is -1.26. The average Bonchev–Trinajstić information content (AvgIpc) is 2.47. The summed E-state index contributed by atoms with van der Waals surface area (Å²) in [4.78, 5) is 13.0. The molecule has 1 aliphatic heterocycles. The van der Waals surface area contributed by atoms with Crippen LogP contribution >= 0.6 is 15.9 Å². The fourth-order valence-electron chi connectivity index (χ4n) is 1.63. The molecule has 0 aromatic rings. The van der Waals surface area contributed by atoms with Crippen LogP contribution in [0, 0.1) is 0 Å². The van der Waals surface area contributed by atoms with Crippen LogP contribution in [0.5, 0.6) is 0 Å². The molecule has 0 spiro atoms.